The second-order valence-corrected chi connectivity index (χ2v) is 7.39. The maximum atomic E-state index is 12.8. The van der Waals surface area contributed by atoms with Crippen LogP contribution in [0.2, 0.25) is 10.0 Å². The Morgan fingerprint density at radius 3 is 2.52 bits per heavy atom. The van der Waals surface area contributed by atoms with Crippen molar-refractivity contribution in [2.24, 2.45) is 16.7 Å². The first kappa shape index (κ1) is 14.9. The number of amides is 1. The third-order valence-corrected chi connectivity index (χ3v) is 6.20. The molecule has 21 heavy (non-hydrogen) atoms. The van der Waals surface area contributed by atoms with Crippen molar-refractivity contribution in [3.05, 3.63) is 28.2 Å². The molecule has 0 radical (unpaired) electrons. The number of benzene rings is 1. The van der Waals surface area contributed by atoms with Crippen LogP contribution in [0.4, 0.5) is 5.69 Å². The van der Waals surface area contributed by atoms with Gasteiger partial charge in [-0.1, -0.05) is 37.0 Å². The third-order valence-electron chi connectivity index (χ3n) is 5.46. The Bertz CT molecular complexity index is 641. The van der Waals surface area contributed by atoms with Crippen LogP contribution in [0.5, 0.6) is 0 Å². The quantitative estimate of drug-likeness (QED) is 0.823. The van der Waals surface area contributed by atoms with Crippen LogP contribution in [0.25, 0.3) is 0 Å². The zero-order valence-electron chi connectivity index (χ0n) is 12.0. The number of carbonyl (C=O) groups excluding carboxylic acids is 2. The summed E-state index contributed by atoms with van der Waals surface area (Å²) in [5.41, 5.74) is -0.614. The zero-order valence-corrected chi connectivity index (χ0v) is 13.5. The highest BCUT2D eigenvalue weighted by molar-refractivity contribution is 6.42. The largest absolute Gasteiger partial charge is 0.325 e. The molecule has 2 aliphatic rings. The summed E-state index contributed by atoms with van der Waals surface area (Å²) >= 11 is 11.8. The Hall–Kier alpha value is -1.06. The van der Waals surface area contributed by atoms with E-state index in [1.807, 2.05) is 13.8 Å². The standard InChI is InChI=1S/C16H17Cl2NO2/c1-15(2)9-5-6-16(15,13(20)7-9)14(21)19-10-3-4-11(17)12(18)8-10/h3-4,8-9H,5-7H2,1-2H3,(H,19,21). The van der Waals surface area contributed by atoms with Crippen molar-refractivity contribution >= 4 is 40.6 Å². The summed E-state index contributed by atoms with van der Waals surface area (Å²) in [6.07, 6.45) is 2.09. The average Bonchev–Trinajstić information content (AvgIpc) is 2.77. The lowest BCUT2D eigenvalue weighted by Gasteiger charge is -2.34. The van der Waals surface area contributed by atoms with E-state index in [-0.39, 0.29) is 17.1 Å². The molecule has 0 saturated heterocycles. The number of halogens is 2. The molecule has 0 aromatic heterocycles. The van der Waals surface area contributed by atoms with Gasteiger partial charge in [0.25, 0.3) is 0 Å². The molecule has 2 unspecified atom stereocenters. The van der Waals surface area contributed by atoms with Gasteiger partial charge < -0.3 is 5.32 Å². The van der Waals surface area contributed by atoms with E-state index in [1.165, 1.54) is 0 Å². The van der Waals surface area contributed by atoms with Gasteiger partial charge in [-0.3, -0.25) is 9.59 Å². The molecule has 0 heterocycles. The van der Waals surface area contributed by atoms with Crippen molar-refractivity contribution in [2.45, 2.75) is 33.1 Å². The summed E-state index contributed by atoms with van der Waals surface area (Å²) in [6.45, 7) is 4.06. The number of hydrogen-bond donors (Lipinski definition) is 1. The molecule has 2 fully saturated rings. The van der Waals surface area contributed by atoms with Gasteiger partial charge in [0.05, 0.1) is 10.0 Å². The maximum absolute atomic E-state index is 12.8. The highest BCUT2D eigenvalue weighted by Crippen LogP contribution is 2.64. The number of ketones is 1. The minimum Gasteiger partial charge on any atom is -0.325 e. The molecule has 0 aliphatic heterocycles. The van der Waals surface area contributed by atoms with Crippen molar-refractivity contribution in [3.63, 3.8) is 0 Å². The molecule has 3 rings (SSSR count). The molecule has 2 atom stereocenters. The summed E-state index contributed by atoms with van der Waals surface area (Å²) in [5, 5.41) is 3.67. The second kappa shape index (κ2) is 4.72. The Morgan fingerprint density at radius 1 is 1.29 bits per heavy atom. The van der Waals surface area contributed by atoms with Crippen molar-refractivity contribution in [3.8, 4) is 0 Å². The van der Waals surface area contributed by atoms with Crippen LogP contribution in [0.3, 0.4) is 0 Å². The predicted molar refractivity (Wildman–Crippen MR) is 83.7 cm³/mol. The van der Waals surface area contributed by atoms with Crippen LogP contribution >= 0.6 is 23.2 Å². The van der Waals surface area contributed by atoms with E-state index in [2.05, 4.69) is 5.32 Å². The molecule has 5 heteroatoms. The fraction of sp³-hybridized carbons (Fsp3) is 0.500. The molecule has 2 saturated carbocycles. The number of fused-ring (bicyclic) bond motifs is 2. The van der Waals surface area contributed by atoms with Crippen LogP contribution in [-0.2, 0) is 9.59 Å². The van der Waals surface area contributed by atoms with Gasteiger partial charge in [-0.25, -0.2) is 0 Å². The molecule has 0 spiro atoms. The second-order valence-electron chi connectivity index (χ2n) is 6.57. The molecule has 1 N–H and O–H groups in total. The number of nitrogens with one attached hydrogen (secondary N) is 1. The molecule has 1 aromatic carbocycles. The van der Waals surface area contributed by atoms with E-state index < -0.39 is 5.41 Å². The van der Waals surface area contributed by atoms with Crippen LogP contribution < -0.4 is 5.32 Å². The molecule has 1 amide bonds. The number of Topliss-reactive ketones (excluding diaryl/α,β-unsaturated/α-hetero) is 1. The van der Waals surface area contributed by atoms with Crippen molar-refractivity contribution in [2.75, 3.05) is 5.32 Å². The van der Waals surface area contributed by atoms with Gasteiger partial charge in [0.15, 0.2) is 0 Å². The fourth-order valence-electron chi connectivity index (χ4n) is 4.02. The monoisotopic (exact) mass is 325 g/mol. The lowest BCUT2D eigenvalue weighted by atomic mass is 9.68. The van der Waals surface area contributed by atoms with E-state index in [0.29, 0.717) is 34.5 Å². The van der Waals surface area contributed by atoms with Crippen LogP contribution in [0, 0.1) is 16.7 Å². The van der Waals surface area contributed by atoms with E-state index in [9.17, 15) is 9.59 Å². The van der Waals surface area contributed by atoms with Crippen molar-refractivity contribution in [1.29, 1.82) is 0 Å². The summed E-state index contributed by atoms with van der Waals surface area (Å²) < 4.78 is 0. The smallest absolute Gasteiger partial charge is 0.238 e. The van der Waals surface area contributed by atoms with E-state index in [4.69, 9.17) is 23.2 Å². The fourth-order valence-corrected chi connectivity index (χ4v) is 4.32. The lowest BCUT2D eigenvalue weighted by molar-refractivity contribution is -0.141. The van der Waals surface area contributed by atoms with Crippen molar-refractivity contribution < 1.29 is 9.59 Å². The van der Waals surface area contributed by atoms with Gasteiger partial charge in [-0.2, -0.15) is 0 Å². The minimum atomic E-state index is -0.899. The summed E-state index contributed by atoms with van der Waals surface area (Å²) in [4.78, 5) is 25.2. The first-order valence-corrected chi connectivity index (χ1v) is 7.84. The van der Waals surface area contributed by atoms with E-state index in [0.717, 1.165) is 6.42 Å². The molecule has 2 aliphatic carbocycles. The first-order valence-electron chi connectivity index (χ1n) is 7.09. The third kappa shape index (κ3) is 1.94. The summed E-state index contributed by atoms with van der Waals surface area (Å²) in [6, 6.07) is 4.94. The SMILES string of the molecule is CC1(C)C2CCC1(C(=O)Nc1ccc(Cl)c(Cl)c1)C(=O)C2. The number of hydrogen-bond acceptors (Lipinski definition) is 2. The highest BCUT2D eigenvalue weighted by Gasteiger charge is 2.68. The van der Waals surface area contributed by atoms with Gasteiger partial charge in [-0.15, -0.1) is 0 Å². The highest BCUT2D eigenvalue weighted by atomic mass is 35.5. The van der Waals surface area contributed by atoms with Gasteiger partial charge in [0.1, 0.15) is 11.2 Å². The van der Waals surface area contributed by atoms with Gasteiger partial charge in [0.2, 0.25) is 5.91 Å². The Labute approximate surface area is 134 Å². The Balaban J connectivity index is 1.91. The van der Waals surface area contributed by atoms with Gasteiger partial charge >= 0.3 is 0 Å². The molecule has 1 aromatic rings. The zero-order chi connectivity index (χ0) is 15.4. The normalized spacial score (nSPS) is 29.7. The topological polar surface area (TPSA) is 46.2 Å². The Kier molecular flexibility index (Phi) is 3.34. The maximum Gasteiger partial charge on any atom is 0.238 e. The first-order chi connectivity index (χ1) is 9.79. The van der Waals surface area contributed by atoms with Crippen molar-refractivity contribution in [1.82, 2.24) is 0 Å². The summed E-state index contributed by atoms with van der Waals surface area (Å²) in [7, 11) is 0. The van der Waals surface area contributed by atoms with Gasteiger partial charge in [0, 0.05) is 12.1 Å². The average molecular weight is 326 g/mol. The molecule has 112 valence electrons. The van der Waals surface area contributed by atoms with Gasteiger partial charge in [-0.05, 0) is 42.4 Å². The number of rotatable bonds is 2. The number of anilines is 1. The van der Waals surface area contributed by atoms with E-state index >= 15 is 0 Å². The Morgan fingerprint density at radius 2 is 2.00 bits per heavy atom. The van der Waals surface area contributed by atoms with Crippen LogP contribution in [-0.4, -0.2) is 11.7 Å². The lowest BCUT2D eigenvalue weighted by Crippen LogP contribution is -2.46. The molecule has 3 nitrogen and oxygen atoms in total. The predicted octanol–water partition coefficient (Wildman–Crippen LogP) is 4.33. The minimum absolute atomic E-state index is 0.0707. The van der Waals surface area contributed by atoms with E-state index in [1.54, 1.807) is 18.2 Å². The van der Waals surface area contributed by atoms with Crippen LogP contribution in [0.15, 0.2) is 18.2 Å². The molecular formula is C16H17Cl2NO2. The number of carbonyl (C=O) groups is 2. The summed E-state index contributed by atoms with van der Waals surface area (Å²) in [5.74, 6) is 0.168. The van der Waals surface area contributed by atoms with Crippen LogP contribution in [0.1, 0.15) is 33.1 Å². The molecular weight excluding hydrogens is 309 g/mol. The molecule has 2 bridgehead atoms.